The van der Waals surface area contributed by atoms with Crippen molar-refractivity contribution in [2.75, 3.05) is 11.1 Å². The van der Waals surface area contributed by atoms with Gasteiger partial charge in [0.25, 0.3) is 5.22 Å². The molecule has 20 heavy (non-hydrogen) atoms. The fourth-order valence-corrected chi connectivity index (χ4v) is 2.16. The molecule has 0 aliphatic rings. The topological polar surface area (TPSA) is 94.0 Å². The van der Waals surface area contributed by atoms with Gasteiger partial charge in [0, 0.05) is 5.69 Å². The summed E-state index contributed by atoms with van der Waals surface area (Å²) in [6.45, 7) is 0.170. The number of benzene rings is 1. The Kier molecular flexibility index (Phi) is 5.24. The fraction of sp³-hybridized carbons (Fsp3) is 0.182. The fourth-order valence-electron chi connectivity index (χ4n) is 1.28. The number of rotatable bonds is 5. The first-order chi connectivity index (χ1) is 9.58. The summed E-state index contributed by atoms with van der Waals surface area (Å²) in [4.78, 5) is 11.7. The largest absolute Gasteiger partial charge is 0.415 e. The van der Waals surface area contributed by atoms with Crippen LogP contribution in [0.5, 0.6) is 0 Å². The van der Waals surface area contributed by atoms with Crippen LogP contribution in [0.25, 0.3) is 0 Å². The summed E-state index contributed by atoms with van der Waals surface area (Å²) in [6.07, 6.45) is 0. The zero-order valence-corrected chi connectivity index (χ0v) is 12.4. The predicted octanol–water partition coefficient (Wildman–Crippen LogP) is 2.57. The van der Waals surface area contributed by atoms with Crippen molar-refractivity contribution >= 4 is 46.6 Å². The van der Waals surface area contributed by atoms with Crippen LogP contribution in [-0.2, 0) is 11.3 Å². The Hall–Kier alpha value is -1.28. The molecule has 3 N–H and O–H groups in total. The number of hydrogen-bond acceptors (Lipinski definition) is 6. The van der Waals surface area contributed by atoms with Crippen molar-refractivity contribution in [3.8, 4) is 0 Å². The smallest absolute Gasteiger partial charge is 0.277 e. The van der Waals surface area contributed by atoms with Gasteiger partial charge in [-0.15, -0.1) is 10.2 Å². The number of nitrogens with one attached hydrogen (secondary N) is 1. The number of anilines is 1. The average Bonchev–Trinajstić information content (AvgIpc) is 2.89. The van der Waals surface area contributed by atoms with Crippen molar-refractivity contribution in [2.24, 2.45) is 5.73 Å². The number of nitrogens with two attached hydrogens (primary N) is 1. The summed E-state index contributed by atoms with van der Waals surface area (Å²) in [5, 5.41) is 11.2. The van der Waals surface area contributed by atoms with Crippen LogP contribution in [0.2, 0.25) is 10.0 Å². The third-order valence-electron chi connectivity index (χ3n) is 2.15. The maximum atomic E-state index is 11.7. The number of aromatic nitrogens is 2. The van der Waals surface area contributed by atoms with Crippen LogP contribution in [0.15, 0.2) is 27.8 Å². The maximum absolute atomic E-state index is 11.7. The lowest BCUT2D eigenvalue weighted by atomic mass is 10.3. The van der Waals surface area contributed by atoms with E-state index in [0.717, 1.165) is 11.8 Å². The first-order valence-electron chi connectivity index (χ1n) is 5.48. The lowest BCUT2D eigenvalue weighted by Gasteiger charge is -2.05. The number of carbonyl (C=O) groups is 1. The number of carbonyl (C=O) groups excluding carboxylic acids is 1. The zero-order valence-electron chi connectivity index (χ0n) is 10.1. The minimum absolute atomic E-state index is 0.131. The van der Waals surface area contributed by atoms with E-state index < -0.39 is 0 Å². The quantitative estimate of drug-likeness (QED) is 0.817. The molecule has 0 fully saturated rings. The van der Waals surface area contributed by atoms with E-state index in [-0.39, 0.29) is 18.2 Å². The number of nitrogens with zero attached hydrogens (tertiary/aromatic N) is 2. The Morgan fingerprint density at radius 1 is 1.35 bits per heavy atom. The number of halogens is 2. The van der Waals surface area contributed by atoms with Crippen LogP contribution in [-0.4, -0.2) is 21.9 Å². The predicted molar refractivity (Wildman–Crippen MR) is 78.0 cm³/mol. The molecule has 106 valence electrons. The number of hydrogen-bond donors (Lipinski definition) is 2. The van der Waals surface area contributed by atoms with E-state index in [1.807, 2.05) is 0 Å². The number of amides is 1. The lowest BCUT2D eigenvalue weighted by molar-refractivity contribution is -0.113. The van der Waals surface area contributed by atoms with Crippen molar-refractivity contribution in [3.05, 3.63) is 34.1 Å². The Morgan fingerprint density at radius 2 is 2.15 bits per heavy atom. The molecule has 1 aromatic heterocycles. The van der Waals surface area contributed by atoms with Crippen molar-refractivity contribution in [3.63, 3.8) is 0 Å². The standard InChI is InChI=1S/C11H10Cl2N4O2S/c12-7-2-1-6(3-8(7)13)15-9(18)5-20-11-17-16-10(4-14)19-11/h1-3H,4-5,14H2,(H,15,18). The first-order valence-corrected chi connectivity index (χ1v) is 7.23. The van der Waals surface area contributed by atoms with Crippen LogP contribution in [0, 0.1) is 0 Å². The first kappa shape index (κ1) is 15.1. The van der Waals surface area contributed by atoms with Gasteiger partial charge >= 0.3 is 0 Å². The molecule has 2 aromatic rings. The van der Waals surface area contributed by atoms with Gasteiger partial charge in [-0.2, -0.15) is 0 Å². The molecule has 9 heteroatoms. The zero-order chi connectivity index (χ0) is 14.5. The highest BCUT2D eigenvalue weighted by Crippen LogP contribution is 2.25. The van der Waals surface area contributed by atoms with Crippen molar-refractivity contribution in [2.45, 2.75) is 11.8 Å². The van der Waals surface area contributed by atoms with Crippen molar-refractivity contribution < 1.29 is 9.21 Å². The molecule has 0 radical (unpaired) electrons. The van der Waals surface area contributed by atoms with Gasteiger partial charge < -0.3 is 15.5 Å². The molecular weight excluding hydrogens is 323 g/mol. The third-order valence-corrected chi connectivity index (χ3v) is 3.71. The normalized spacial score (nSPS) is 10.6. The molecular formula is C11H10Cl2N4O2S. The van der Waals surface area contributed by atoms with Gasteiger partial charge in [0.05, 0.1) is 22.3 Å². The highest BCUT2D eigenvalue weighted by atomic mass is 35.5. The summed E-state index contributed by atoms with van der Waals surface area (Å²) in [7, 11) is 0. The van der Waals surface area contributed by atoms with Crippen LogP contribution >= 0.6 is 35.0 Å². The van der Waals surface area contributed by atoms with Crippen molar-refractivity contribution in [1.29, 1.82) is 0 Å². The second kappa shape index (κ2) is 6.94. The van der Waals surface area contributed by atoms with Gasteiger partial charge in [-0.1, -0.05) is 35.0 Å². The van der Waals surface area contributed by atoms with Gasteiger partial charge in [0.1, 0.15) is 0 Å². The summed E-state index contributed by atoms with van der Waals surface area (Å²) in [5.74, 6) is 0.241. The molecule has 0 unspecified atom stereocenters. The number of thioether (sulfide) groups is 1. The SMILES string of the molecule is NCc1nnc(SCC(=O)Nc2ccc(Cl)c(Cl)c2)o1. The molecule has 6 nitrogen and oxygen atoms in total. The summed E-state index contributed by atoms with van der Waals surface area (Å²) in [5.41, 5.74) is 5.91. The maximum Gasteiger partial charge on any atom is 0.277 e. The van der Waals surface area contributed by atoms with Crippen molar-refractivity contribution in [1.82, 2.24) is 10.2 Å². The second-order valence-corrected chi connectivity index (χ2v) is 5.37. The average molecular weight is 333 g/mol. The summed E-state index contributed by atoms with van der Waals surface area (Å²) < 4.78 is 5.17. The van der Waals surface area contributed by atoms with E-state index in [4.69, 9.17) is 33.4 Å². The van der Waals surface area contributed by atoms with E-state index >= 15 is 0 Å². The summed E-state index contributed by atoms with van der Waals surface area (Å²) >= 11 is 12.8. The van der Waals surface area contributed by atoms with Crippen LogP contribution in [0.4, 0.5) is 5.69 Å². The molecule has 0 spiro atoms. The van der Waals surface area contributed by atoms with Gasteiger partial charge in [0.15, 0.2) is 0 Å². The van der Waals surface area contributed by atoms with Crippen LogP contribution in [0.3, 0.4) is 0 Å². The molecule has 2 rings (SSSR count). The molecule has 0 aliphatic carbocycles. The Balaban J connectivity index is 1.87. The van der Waals surface area contributed by atoms with Crippen LogP contribution in [0.1, 0.15) is 5.89 Å². The monoisotopic (exact) mass is 332 g/mol. The minimum atomic E-state index is -0.221. The third kappa shape index (κ3) is 4.11. The Labute approximate surface area is 129 Å². The molecule has 0 aliphatic heterocycles. The molecule has 0 saturated carbocycles. The Morgan fingerprint density at radius 3 is 2.80 bits per heavy atom. The molecule has 1 heterocycles. The summed E-state index contributed by atoms with van der Waals surface area (Å²) in [6, 6.07) is 4.85. The van der Waals surface area contributed by atoms with E-state index in [1.54, 1.807) is 18.2 Å². The van der Waals surface area contributed by atoms with E-state index in [0.29, 0.717) is 26.8 Å². The van der Waals surface area contributed by atoms with E-state index in [2.05, 4.69) is 15.5 Å². The highest BCUT2D eigenvalue weighted by molar-refractivity contribution is 7.99. The highest BCUT2D eigenvalue weighted by Gasteiger charge is 2.09. The second-order valence-electron chi connectivity index (χ2n) is 3.63. The molecule has 0 atom stereocenters. The molecule has 0 bridgehead atoms. The van der Waals surface area contributed by atoms with E-state index in [9.17, 15) is 4.79 Å². The van der Waals surface area contributed by atoms with Gasteiger partial charge in [0.2, 0.25) is 11.8 Å². The Bertz CT molecular complexity index is 620. The van der Waals surface area contributed by atoms with Crippen LogP contribution < -0.4 is 11.1 Å². The van der Waals surface area contributed by atoms with E-state index in [1.165, 1.54) is 0 Å². The van der Waals surface area contributed by atoms with Gasteiger partial charge in [-0.3, -0.25) is 4.79 Å². The van der Waals surface area contributed by atoms with Gasteiger partial charge in [-0.05, 0) is 18.2 Å². The minimum Gasteiger partial charge on any atom is -0.415 e. The molecule has 1 aromatic carbocycles. The van der Waals surface area contributed by atoms with Gasteiger partial charge in [-0.25, -0.2) is 0 Å². The lowest BCUT2D eigenvalue weighted by Crippen LogP contribution is -2.13. The molecule has 1 amide bonds. The molecule has 0 saturated heterocycles.